The number of ether oxygens (including phenoxy) is 1. The third kappa shape index (κ3) is 2.85. The molecule has 2 heterocycles. The van der Waals surface area contributed by atoms with Gasteiger partial charge in [0.25, 0.3) is 5.91 Å². The van der Waals surface area contributed by atoms with Crippen molar-refractivity contribution in [3.8, 4) is 5.75 Å². The zero-order chi connectivity index (χ0) is 19.9. The first-order chi connectivity index (χ1) is 13.4. The van der Waals surface area contributed by atoms with Crippen LogP contribution < -0.4 is 10.1 Å². The Morgan fingerprint density at radius 1 is 1.14 bits per heavy atom. The molecule has 2 aromatic carbocycles. The molecule has 3 amide bonds. The molecule has 0 unspecified atom stereocenters. The molecule has 6 nitrogen and oxygen atoms in total. The molecule has 0 bridgehead atoms. The van der Waals surface area contributed by atoms with Crippen LogP contribution in [0.5, 0.6) is 5.75 Å². The van der Waals surface area contributed by atoms with Crippen LogP contribution in [0.3, 0.4) is 0 Å². The predicted molar refractivity (Wildman–Crippen MR) is 103 cm³/mol. The van der Waals surface area contributed by atoms with Crippen LogP contribution in [0.1, 0.15) is 47.7 Å². The molecule has 0 radical (unpaired) electrons. The Labute approximate surface area is 163 Å². The van der Waals surface area contributed by atoms with Gasteiger partial charge in [-0.05, 0) is 17.5 Å². The number of carbonyl (C=O) groups is 3. The third-order valence-electron chi connectivity index (χ3n) is 5.46. The molecule has 1 N–H and O–H groups in total. The minimum atomic E-state index is -1.16. The average Bonchev–Trinajstić information content (AvgIpc) is 2.93. The van der Waals surface area contributed by atoms with Crippen LogP contribution in [-0.2, 0) is 10.3 Å². The molecular formula is C22H22N2O4. The number of ketones is 1. The van der Waals surface area contributed by atoms with Crippen LogP contribution in [-0.4, -0.2) is 35.8 Å². The molecule has 0 aromatic heterocycles. The summed E-state index contributed by atoms with van der Waals surface area (Å²) in [4.78, 5) is 39.5. The second-order valence-electron chi connectivity index (χ2n) is 7.52. The van der Waals surface area contributed by atoms with Gasteiger partial charge in [0.1, 0.15) is 5.75 Å². The van der Waals surface area contributed by atoms with Crippen molar-refractivity contribution in [1.29, 1.82) is 0 Å². The van der Waals surface area contributed by atoms with E-state index in [0.717, 1.165) is 10.5 Å². The molecule has 4 rings (SSSR count). The molecule has 1 spiro atoms. The molecule has 2 aliphatic heterocycles. The fourth-order valence-corrected chi connectivity index (χ4v) is 3.80. The van der Waals surface area contributed by atoms with Crippen LogP contribution in [0.15, 0.2) is 48.5 Å². The summed E-state index contributed by atoms with van der Waals surface area (Å²) in [6.45, 7) is 4.20. The van der Waals surface area contributed by atoms with Gasteiger partial charge in [0.05, 0.1) is 13.2 Å². The molecule has 0 aliphatic carbocycles. The van der Waals surface area contributed by atoms with E-state index in [1.165, 1.54) is 0 Å². The van der Waals surface area contributed by atoms with Crippen molar-refractivity contribution < 1.29 is 19.1 Å². The molecule has 1 fully saturated rings. The Balaban J connectivity index is 1.58. The Bertz CT molecular complexity index is 951. The van der Waals surface area contributed by atoms with E-state index in [2.05, 4.69) is 19.2 Å². The van der Waals surface area contributed by atoms with Crippen molar-refractivity contribution >= 4 is 17.7 Å². The Morgan fingerprint density at radius 2 is 1.86 bits per heavy atom. The monoisotopic (exact) mass is 378 g/mol. The molecule has 2 aromatic rings. The second kappa shape index (κ2) is 6.78. The number of hydrogen-bond acceptors (Lipinski definition) is 4. The van der Waals surface area contributed by atoms with Gasteiger partial charge in [0, 0.05) is 17.5 Å². The molecule has 2 aliphatic rings. The minimum absolute atomic E-state index is 0.267. The number of rotatable bonds is 4. The van der Waals surface area contributed by atoms with Gasteiger partial charge < -0.3 is 10.1 Å². The van der Waals surface area contributed by atoms with Gasteiger partial charge in [0.2, 0.25) is 0 Å². The highest BCUT2D eigenvalue weighted by Crippen LogP contribution is 2.40. The predicted octanol–water partition coefficient (Wildman–Crippen LogP) is 3.22. The average molecular weight is 378 g/mol. The fraction of sp³-hybridized carbons (Fsp3) is 0.318. The molecule has 1 atom stereocenters. The van der Waals surface area contributed by atoms with Gasteiger partial charge in [-0.2, -0.15) is 0 Å². The maximum absolute atomic E-state index is 13.2. The number of carbonyl (C=O) groups excluding carboxylic acids is 3. The summed E-state index contributed by atoms with van der Waals surface area (Å²) < 4.78 is 5.62. The fourth-order valence-electron chi connectivity index (χ4n) is 3.80. The highest BCUT2D eigenvalue weighted by molar-refractivity contribution is 6.11. The van der Waals surface area contributed by atoms with Gasteiger partial charge >= 0.3 is 6.03 Å². The van der Waals surface area contributed by atoms with Crippen LogP contribution in [0.2, 0.25) is 0 Å². The molecular weight excluding hydrogens is 356 g/mol. The number of para-hydroxylation sites is 1. The van der Waals surface area contributed by atoms with Crippen LogP contribution in [0, 0.1) is 0 Å². The van der Waals surface area contributed by atoms with Crippen molar-refractivity contribution in [2.75, 3.05) is 13.2 Å². The lowest BCUT2D eigenvalue weighted by atomic mass is 9.84. The summed E-state index contributed by atoms with van der Waals surface area (Å²) in [5, 5.41) is 2.81. The lowest BCUT2D eigenvalue weighted by Crippen LogP contribution is -2.47. The molecule has 144 valence electrons. The van der Waals surface area contributed by atoms with Crippen molar-refractivity contribution in [3.05, 3.63) is 65.2 Å². The molecule has 28 heavy (non-hydrogen) atoms. The van der Waals surface area contributed by atoms with Gasteiger partial charge in [-0.25, -0.2) is 4.79 Å². The van der Waals surface area contributed by atoms with Gasteiger partial charge in [0.15, 0.2) is 11.3 Å². The number of benzene rings is 2. The summed E-state index contributed by atoms with van der Waals surface area (Å²) >= 11 is 0. The first kappa shape index (κ1) is 18.2. The largest absolute Gasteiger partial charge is 0.493 e. The zero-order valence-corrected chi connectivity index (χ0v) is 15.9. The SMILES string of the molecule is CC(C)c1ccc(C(=O)CN2C(=O)N[C@@]3(CCOc4ccccc43)C2=O)cc1. The van der Waals surface area contributed by atoms with E-state index < -0.39 is 17.5 Å². The van der Waals surface area contributed by atoms with Gasteiger partial charge in [-0.3, -0.25) is 14.5 Å². The smallest absolute Gasteiger partial charge is 0.325 e. The van der Waals surface area contributed by atoms with Gasteiger partial charge in [-0.1, -0.05) is 56.3 Å². The zero-order valence-electron chi connectivity index (χ0n) is 15.9. The molecule has 0 saturated carbocycles. The lowest BCUT2D eigenvalue weighted by Gasteiger charge is -2.33. The second-order valence-corrected chi connectivity index (χ2v) is 7.52. The van der Waals surface area contributed by atoms with Crippen molar-refractivity contribution in [3.63, 3.8) is 0 Å². The summed E-state index contributed by atoms with van der Waals surface area (Å²) in [6.07, 6.45) is 0.336. The van der Waals surface area contributed by atoms with Crippen LogP contribution in [0.25, 0.3) is 0 Å². The number of urea groups is 1. The van der Waals surface area contributed by atoms with Crippen LogP contribution >= 0.6 is 0 Å². The van der Waals surface area contributed by atoms with Crippen molar-refractivity contribution in [1.82, 2.24) is 10.2 Å². The Hall–Kier alpha value is -3.15. The minimum Gasteiger partial charge on any atom is -0.493 e. The number of fused-ring (bicyclic) bond motifs is 2. The highest BCUT2D eigenvalue weighted by atomic mass is 16.5. The maximum Gasteiger partial charge on any atom is 0.325 e. The van der Waals surface area contributed by atoms with E-state index in [4.69, 9.17) is 4.74 Å². The van der Waals surface area contributed by atoms with E-state index in [1.807, 2.05) is 18.2 Å². The normalized spacial score (nSPS) is 20.9. The summed E-state index contributed by atoms with van der Waals surface area (Å²) in [5.41, 5.74) is 1.09. The number of nitrogens with one attached hydrogen (secondary N) is 1. The highest BCUT2D eigenvalue weighted by Gasteiger charge is 2.55. The molecule has 1 saturated heterocycles. The summed E-state index contributed by atoms with van der Waals surface area (Å²) in [6, 6.07) is 13.9. The van der Waals surface area contributed by atoms with Crippen LogP contribution in [0.4, 0.5) is 4.79 Å². The lowest BCUT2D eigenvalue weighted by molar-refractivity contribution is -0.132. The van der Waals surface area contributed by atoms with Gasteiger partial charge in [-0.15, -0.1) is 0 Å². The van der Waals surface area contributed by atoms with Crippen molar-refractivity contribution in [2.24, 2.45) is 0 Å². The maximum atomic E-state index is 13.2. The quantitative estimate of drug-likeness (QED) is 0.655. The molecule has 6 heteroatoms. The number of hydrogen-bond donors (Lipinski definition) is 1. The number of imide groups is 1. The van der Waals surface area contributed by atoms with E-state index >= 15 is 0 Å². The third-order valence-corrected chi connectivity index (χ3v) is 5.46. The number of amides is 3. The first-order valence-electron chi connectivity index (χ1n) is 9.42. The van der Waals surface area contributed by atoms with E-state index in [0.29, 0.717) is 35.8 Å². The van der Waals surface area contributed by atoms with E-state index in [-0.39, 0.29) is 12.3 Å². The number of nitrogens with zero attached hydrogens (tertiary/aromatic N) is 1. The van der Waals surface area contributed by atoms with E-state index in [1.54, 1.807) is 30.3 Å². The standard InChI is InChI=1S/C22H22N2O4/c1-14(2)15-7-9-16(10-8-15)18(25)13-24-20(26)22(23-21(24)27)11-12-28-19-6-4-3-5-17(19)22/h3-10,14H,11-13H2,1-2H3,(H,23,27)/t22-/m1/s1. The Kier molecular flexibility index (Phi) is 4.41. The first-order valence-corrected chi connectivity index (χ1v) is 9.42. The summed E-state index contributed by atoms with van der Waals surface area (Å²) in [5.74, 6) is 0.278. The Morgan fingerprint density at radius 3 is 2.57 bits per heavy atom. The summed E-state index contributed by atoms with van der Waals surface area (Å²) in [7, 11) is 0. The number of Topliss-reactive ketones (excluding diaryl/α,β-unsaturated/α-hetero) is 1. The van der Waals surface area contributed by atoms with E-state index in [9.17, 15) is 14.4 Å². The topological polar surface area (TPSA) is 75.7 Å². The van der Waals surface area contributed by atoms with Crippen molar-refractivity contribution in [2.45, 2.75) is 31.7 Å².